The van der Waals surface area contributed by atoms with E-state index in [0.29, 0.717) is 9.23 Å². The molecule has 25 heavy (non-hydrogen) atoms. The lowest BCUT2D eigenvalue weighted by Gasteiger charge is -2.14. The molecule has 0 aromatic heterocycles. The number of hydrogen-bond acceptors (Lipinski definition) is 3. The van der Waals surface area contributed by atoms with Gasteiger partial charge in [0.1, 0.15) is 0 Å². The lowest BCUT2D eigenvalue weighted by Crippen LogP contribution is -2.27. The maximum Gasteiger partial charge on any atom is 0.270 e. The third-order valence-corrected chi connectivity index (χ3v) is 5.25. The van der Waals surface area contributed by atoms with E-state index in [1.807, 2.05) is 67.6 Å². The van der Waals surface area contributed by atoms with E-state index in [4.69, 9.17) is 12.2 Å². The van der Waals surface area contributed by atoms with E-state index in [0.717, 1.165) is 23.2 Å². The molecule has 0 atom stereocenters. The maximum absolute atomic E-state index is 12.8. The molecule has 1 aliphatic rings. The minimum absolute atomic E-state index is 0.0555. The van der Waals surface area contributed by atoms with Gasteiger partial charge < -0.3 is 0 Å². The van der Waals surface area contributed by atoms with Crippen molar-refractivity contribution in [3.05, 3.63) is 82.3 Å². The van der Waals surface area contributed by atoms with Gasteiger partial charge in [0.05, 0.1) is 10.6 Å². The number of anilines is 1. The van der Waals surface area contributed by atoms with Crippen LogP contribution >= 0.6 is 24.0 Å². The van der Waals surface area contributed by atoms with Crippen LogP contribution in [0.2, 0.25) is 0 Å². The van der Waals surface area contributed by atoms with Gasteiger partial charge in [-0.05, 0) is 48.3 Å². The molecular weight excluding hydrogens is 346 g/mol. The number of carbonyl (C=O) groups excluding carboxylic acids is 1. The Hall–Kier alpha value is -2.17. The Morgan fingerprint density at radius 2 is 1.80 bits per heavy atom. The van der Waals surface area contributed by atoms with Gasteiger partial charge in [-0.3, -0.25) is 9.69 Å². The van der Waals surface area contributed by atoms with Crippen LogP contribution in [0.5, 0.6) is 0 Å². The average molecular weight is 366 g/mol. The van der Waals surface area contributed by atoms with Crippen LogP contribution in [-0.2, 0) is 11.2 Å². The van der Waals surface area contributed by atoms with Crippen LogP contribution in [0, 0.1) is 0 Å². The van der Waals surface area contributed by atoms with E-state index in [-0.39, 0.29) is 5.91 Å². The number of thiocarbonyl (C=S) groups is 1. The summed E-state index contributed by atoms with van der Waals surface area (Å²) in [5, 5.41) is 0. The maximum atomic E-state index is 12.8. The number of aryl methyl sites for hydroxylation is 1. The predicted octanol–water partition coefficient (Wildman–Crippen LogP) is 5.60. The zero-order valence-electron chi connectivity index (χ0n) is 14.2. The number of benzene rings is 2. The van der Waals surface area contributed by atoms with E-state index in [1.54, 1.807) is 4.90 Å². The molecule has 1 fully saturated rings. The largest absolute Gasteiger partial charge is 0.270 e. The van der Waals surface area contributed by atoms with Crippen molar-refractivity contribution in [1.29, 1.82) is 0 Å². The molecule has 1 amide bonds. The number of hydrogen-bond donors (Lipinski definition) is 0. The van der Waals surface area contributed by atoms with E-state index < -0.39 is 0 Å². The normalized spacial score (nSPS) is 16.8. The second-order valence-corrected chi connectivity index (χ2v) is 7.51. The van der Waals surface area contributed by atoms with Crippen LogP contribution in [-0.4, -0.2) is 10.2 Å². The van der Waals surface area contributed by atoms with E-state index in [9.17, 15) is 4.79 Å². The van der Waals surface area contributed by atoms with Crippen molar-refractivity contribution in [3.8, 4) is 0 Å². The third kappa shape index (κ3) is 4.09. The van der Waals surface area contributed by atoms with Crippen LogP contribution in [0.3, 0.4) is 0 Å². The van der Waals surface area contributed by atoms with Crippen LogP contribution in [0.25, 0.3) is 6.08 Å². The van der Waals surface area contributed by atoms with Gasteiger partial charge >= 0.3 is 0 Å². The smallest absolute Gasteiger partial charge is 0.268 e. The fraction of sp³-hybridized carbons (Fsp3) is 0.143. The highest BCUT2D eigenvalue weighted by molar-refractivity contribution is 8.27. The highest BCUT2D eigenvalue weighted by Gasteiger charge is 2.33. The Kier molecular flexibility index (Phi) is 5.51. The minimum atomic E-state index is -0.0555. The standard InChI is InChI=1S/C21H19NOS2/c1-3-16-9-11-18(12-10-16)22-20(23)19(25-21(22)24)14-15(2)13-17-7-5-4-6-8-17/h4-14H,3H2,1-2H3/b15-13+,19-14-. The Bertz CT molecular complexity index is 851. The number of carbonyl (C=O) groups is 1. The molecule has 4 heteroatoms. The zero-order chi connectivity index (χ0) is 17.8. The van der Waals surface area contributed by atoms with Crippen LogP contribution < -0.4 is 4.90 Å². The van der Waals surface area contributed by atoms with Gasteiger partial charge in [-0.15, -0.1) is 0 Å². The molecule has 1 saturated heterocycles. The van der Waals surface area contributed by atoms with E-state index in [1.165, 1.54) is 17.3 Å². The van der Waals surface area contributed by atoms with Crippen molar-refractivity contribution in [2.45, 2.75) is 20.3 Å². The summed E-state index contributed by atoms with van der Waals surface area (Å²) in [5.74, 6) is -0.0555. The second-order valence-electron chi connectivity index (χ2n) is 5.84. The quantitative estimate of drug-likeness (QED) is 0.519. The first-order valence-electron chi connectivity index (χ1n) is 8.18. The molecule has 2 aromatic rings. The summed E-state index contributed by atoms with van der Waals surface area (Å²) in [6, 6.07) is 18.1. The van der Waals surface area contributed by atoms with Crippen LogP contribution in [0.4, 0.5) is 5.69 Å². The van der Waals surface area contributed by atoms with Crippen molar-refractivity contribution >= 4 is 46.0 Å². The molecule has 0 bridgehead atoms. The molecule has 1 aliphatic heterocycles. The molecule has 126 valence electrons. The van der Waals surface area contributed by atoms with E-state index in [2.05, 4.69) is 13.0 Å². The zero-order valence-corrected chi connectivity index (χ0v) is 15.9. The van der Waals surface area contributed by atoms with Crippen molar-refractivity contribution in [2.24, 2.45) is 0 Å². The molecular formula is C21H19NOS2. The van der Waals surface area contributed by atoms with Crippen molar-refractivity contribution < 1.29 is 4.79 Å². The van der Waals surface area contributed by atoms with Crippen LogP contribution in [0.1, 0.15) is 25.0 Å². The van der Waals surface area contributed by atoms with Crippen molar-refractivity contribution in [3.63, 3.8) is 0 Å². The summed E-state index contributed by atoms with van der Waals surface area (Å²) in [5.41, 5.74) is 4.20. The van der Waals surface area contributed by atoms with Gasteiger partial charge in [0, 0.05) is 0 Å². The summed E-state index contributed by atoms with van der Waals surface area (Å²) >= 11 is 6.78. The Balaban J connectivity index is 1.84. The minimum Gasteiger partial charge on any atom is -0.268 e. The number of amides is 1. The summed E-state index contributed by atoms with van der Waals surface area (Å²) < 4.78 is 0.577. The second kappa shape index (κ2) is 7.81. The molecule has 0 aliphatic carbocycles. The van der Waals surface area contributed by atoms with E-state index >= 15 is 0 Å². The molecule has 2 aromatic carbocycles. The topological polar surface area (TPSA) is 20.3 Å². The van der Waals surface area contributed by atoms with Crippen molar-refractivity contribution in [2.75, 3.05) is 4.90 Å². The molecule has 3 rings (SSSR count). The first-order valence-corrected chi connectivity index (χ1v) is 9.41. The van der Waals surface area contributed by atoms with Gasteiger partial charge in [-0.25, -0.2) is 0 Å². The number of thioether (sulfide) groups is 1. The molecule has 0 radical (unpaired) electrons. The Morgan fingerprint density at radius 3 is 2.44 bits per heavy atom. The third-order valence-electron chi connectivity index (χ3n) is 3.95. The summed E-state index contributed by atoms with van der Waals surface area (Å²) in [6.45, 7) is 4.11. The molecule has 2 nitrogen and oxygen atoms in total. The van der Waals surface area contributed by atoms with Gasteiger partial charge in [0.15, 0.2) is 4.32 Å². The first kappa shape index (κ1) is 17.6. The van der Waals surface area contributed by atoms with Gasteiger partial charge in [0.2, 0.25) is 0 Å². The first-order chi connectivity index (χ1) is 12.1. The Labute approximate surface area is 158 Å². The fourth-order valence-corrected chi connectivity index (χ4v) is 3.98. The lowest BCUT2D eigenvalue weighted by atomic mass is 10.1. The summed E-state index contributed by atoms with van der Waals surface area (Å²) in [4.78, 5) is 15.1. The van der Waals surface area contributed by atoms with Crippen LogP contribution in [0.15, 0.2) is 71.2 Å². The molecule has 0 saturated carbocycles. The average Bonchev–Trinajstić information content (AvgIpc) is 2.89. The number of rotatable bonds is 4. The SMILES string of the molecule is CCc1ccc(N2C(=O)/C(=C/C(C)=C/c3ccccc3)SC2=S)cc1. The predicted molar refractivity (Wildman–Crippen MR) is 112 cm³/mol. The van der Waals surface area contributed by atoms with Gasteiger partial charge in [-0.1, -0.05) is 79.4 Å². The molecule has 0 unspecified atom stereocenters. The number of nitrogens with zero attached hydrogens (tertiary/aromatic N) is 1. The van der Waals surface area contributed by atoms with Crippen molar-refractivity contribution in [1.82, 2.24) is 0 Å². The molecule has 0 spiro atoms. The Morgan fingerprint density at radius 1 is 1.12 bits per heavy atom. The van der Waals surface area contributed by atoms with Gasteiger partial charge in [0.25, 0.3) is 5.91 Å². The highest BCUT2D eigenvalue weighted by atomic mass is 32.2. The highest BCUT2D eigenvalue weighted by Crippen LogP contribution is 2.35. The number of allylic oxidation sites excluding steroid dienone is 2. The monoisotopic (exact) mass is 365 g/mol. The lowest BCUT2D eigenvalue weighted by molar-refractivity contribution is -0.113. The molecule has 0 N–H and O–H groups in total. The molecule has 1 heterocycles. The summed E-state index contributed by atoms with van der Waals surface area (Å²) in [6.07, 6.45) is 4.94. The summed E-state index contributed by atoms with van der Waals surface area (Å²) in [7, 11) is 0. The fourth-order valence-electron chi connectivity index (χ4n) is 2.63. The van der Waals surface area contributed by atoms with Gasteiger partial charge in [-0.2, -0.15) is 0 Å².